The first-order valence-corrected chi connectivity index (χ1v) is 9.88. The molecule has 1 aromatic heterocycles. The van der Waals surface area contributed by atoms with Gasteiger partial charge in [0.05, 0.1) is 10.6 Å². The highest BCUT2D eigenvalue weighted by Gasteiger charge is 2.25. The van der Waals surface area contributed by atoms with Crippen molar-refractivity contribution in [3.05, 3.63) is 51.5 Å². The monoisotopic (exact) mass is 423 g/mol. The number of piperidine rings is 1. The summed E-state index contributed by atoms with van der Waals surface area (Å²) in [6, 6.07) is 5.41. The van der Waals surface area contributed by atoms with E-state index in [-0.39, 0.29) is 5.91 Å². The molecule has 0 saturated carbocycles. The van der Waals surface area contributed by atoms with Gasteiger partial charge in [0, 0.05) is 42.4 Å². The number of halogens is 2. The molecule has 25 heavy (non-hydrogen) atoms. The number of hydrogen-bond acceptors (Lipinski definition) is 2. The Kier molecular flexibility index (Phi) is 5.85. The molecule has 0 N–H and O–H groups in total. The highest BCUT2D eigenvalue weighted by Crippen LogP contribution is 2.26. The van der Waals surface area contributed by atoms with Crippen LogP contribution in [0.5, 0.6) is 0 Å². The van der Waals surface area contributed by atoms with Crippen LogP contribution in [-0.4, -0.2) is 33.4 Å². The van der Waals surface area contributed by atoms with E-state index in [1.54, 1.807) is 12.1 Å². The first-order valence-electron chi connectivity index (χ1n) is 8.71. The predicted molar refractivity (Wildman–Crippen MR) is 104 cm³/mol. The summed E-state index contributed by atoms with van der Waals surface area (Å²) < 4.78 is 3.13. The van der Waals surface area contributed by atoms with Gasteiger partial charge < -0.3 is 9.47 Å². The number of rotatable bonds is 4. The summed E-state index contributed by atoms with van der Waals surface area (Å²) in [4.78, 5) is 19.1. The molecular weight excluding hydrogens is 402 g/mol. The lowest BCUT2D eigenvalue weighted by molar-refractivity contribution is 0.0682. The van der Waals surface area contributed by atoms with Crippen LogP contribution in [-0.2, 0) is 6.54 Å². The van der Waals surface area contributed by atoms with Gasteiger partial charge in [-0.3, -0.25) is 4.79 Å². The summed E-state index contributed by atoms with van der Waals surface area (Å²) in [5.41, 5.74) is 0.575. The van der Waals surface area contributed by atoms with Crippen LogP contribution >= 0.6 is 27.5 Å². The molecule has 1 amide bonds. The van der Waals surface area contributed by atoms with Crippen molar-refractivity contribution in [2.45, 2.75) is 39.2 Å². The number of hydrogen-bond donors (Lipinski definition) is 0. The van der Waals surface area contributed by atoms with Gasteiger partial charge in [-0.05, 0) is 37.0 Å². The third-order valence-corrected chi connectivity index (χ3v) is 5.60. The summed E-state index contributed by atoms with van der Waals surface area (Å²) in [5, 5.41) is 0.510. The third-order valence-electron chi connectivity index (χ3n) is 4.78. The summed E-state index contributed by atoms with van der Waals surface area (Å²) in [5.74, 6) is 2.17. The van der Waals surface area contributed by atoms with Gasteiger partial charge in [-0.2, -0.15) is 0 Å². The van der Waals surface area contributed by atoms with Gasteiger partial charge in [-0.25, -0.2) is 4.98 Å². The topological polar surface area (TPSA) is 38.1 Å². The molecule has 1 aromatic carbocycles. The van der Waals surface area contributed by atoms with Crippen molar-refractivity contribution < 1.29 is 4.79 Å². The average molecular weight is 425 g/mol. The van der Waals surface area contributed by atoms with Crippen molar-refractivity contribution in [3.63, 3.8) is 0 Å². The Hall–Kier alpha value is -1.33. The van der Waals surface area contributed by atoms with Crippen LogP contribution in [0.25, 0.3) is 0 Å². The Morgan fingerprint density at radius 1 is 1.36 bits per heavy atom. The Morgan fingerprint density at radius 3 is 2.76 bits per heavy atom. The number of imidazole rings is 1. The smallest absolute Gasteiger partial charge is 0.255 e. The molecule has 3 rings (SSSR count). The molecule has 4 nitrogen and oxygen atoms in total. The highest BCUT2D eigenvalue weighted by atomic mass is 79.9. The Bertz CT molecular complexity index is 751. The first kappa shape index (κ1) is 18.5. The summed E-state index contributed by atoms with van der Waals surface area (Å²) in [7, 11) is 0. The largest absolute Gasteiger partial charge is 0.339 e. The van der Waals surface area contributed by atoms with Crippen molar-refractivity contribution in [1.29, 1.82) is 0 Å². The SMILES string of the molecule is CC(C)c1nccn1CC1CCN(C(=O)c2cc(Br)ccc2Cl)CC1. The maximum Gasteiger partial charge on any atom is 0.255 e. The highest BCUT2D eigenvalue weighted by molar-refractivity contribution is 9.10. The van der Waals surface area contributed by atoms with Gasteiger partial charge in [0.25, 0.3) is 5.91 Å². The average Bonchev–Trinajstić information content (AvgIpc) is 3.05. The van der Waals surface area contributed by atoms with Gasteiger partial charge in [0.15, 0.2) is 0 Å². The van der Waals surface area contributed by atoms with E-state index in [4.69, 9.17) is 11.6 Å². The van der Waals surface area contributed by atoms with Crippen LogP contribution in [0.3, 0.4) is 0 Å². The minimum Gasteiger partial charge on any atom is -0.339 e. The molecule has 0 atom stereocenters. The van der Waals surface area contributed by atoms with Gasteiger partial charge in [-0.1, -0.05) is 41.4 Å². The van der Waals surface area contributed by atoms with Gasteiger partial charge >= 0.3 is 0 Å². The second kappa shape index (κ2) is 7.92. The standard InChI is InChI=1S/C19H23BrClN3O/c1-13(2)18-22-7-10-24(18)12-14-5-8-23(9-6-14)19(25)16-11-15(20)3-4-17(16)21/h3-4,7,10-11,13-14H,5-6,8-9,12H2,1-2H3. The van der Waals surface area contributed by atoms with Crippen molar-refractivity contribution in [2.24, 2.45) is 5.92 Å². The number of carbonyl (C=O) groups is 1. The fourth-order valence-corrected chi connectivity index (χ4v) is 3.96. The maximum atomic E-state index is 12.7. The van der Waals surface area contributed by atoms with E-state index in [0.717, 1.165) is 42.8 Å². The molecule has 1 aliphatic rings. The summed E-state index contributed by atoms with van der Waals surface area (Å²) in [6.07, 6.45) is 5.96. The lowest BCUT2D eigenvalue weighted by Crippen LogP contribution is -2.39. The Labute approximate surface area is 162 Å². The Balaban J connectivity index is 1.61. The van der Waals surface area contributed by atoms with E-state index in [0.29, 0.717) is 22.4 Å². The fourth-order valence-electron chi connectivity index (χ4n) is 3.40. The van der Waals surface area contributed by atoms with E-state index >= 15 is 0 Å². The van der Waals surface area contributed by atoms with E-state index in [1.807, 2.05) is 17.2 Å². The van der Waals surface area contributed by atoms with Crippen molar-refractivity contribution in [2.75, 3.05) is 13.1 Å². The van der Waals surface area contributed by atoms with Crippen LogP contribution in [0.15, 0.2) is 35.1 Å². The van der Waals surface area contributed by atoms with E-state index in [1.165, 1.54) is 0 Å². The molecular formula is C19H23BrClN3O. The number of amides is 1. The number of likely N-dealkylation sites (tertiary alicyclic amines) is 1. The van der Waals surface area contributed by atoms with Crippen LogP contribution in [0.1, 0.15) is 48.8 Å². The second-order valence-electron chi connectivity index (χ2n) is 6.95. The number of aromatic nitrogens is 2. The number of nitrogens with zero attached hydrogens (tertiary/aromatic N) is 3. The molecule has 0 spiro atoms. The zero-order valence-corrected chi connectivity index (χ0v) is 16.9. The molecule has 1 aliphatic heterocycles. The van der Waals surface area contributed by atoms with Crippen molar-refractivity contribution in [1.82, 2.24) is 14.5 Å². The third kappa shape index (κ3) is 4.26. The van der Waals surface area contributed by atoms with E-state index < -0.39 is 0 Å². The second-order valence-corrected chi connectivity index (χ2v) is 8.28. The zero-order chi connectivity index (χ0) is 18.0. The van der Waals surface area contributed by atoms with Crippen molar-refractivity contribution in [3.8, 4) is 0 Å². The molecule has 134 valence electrons. The van der Waals surface area contributed by atoms with Crippen LogP contribution < -0.4 is 0 Å². The number of carbonyl (C=O) groups excluding carboxylic acids is 1. The maximum absolute atomic E-state index is 12.7. The molecule has 0 aliphatic carbocycles. The molecule has 1 saturated heterocycles. The molecule has 1 fully saturated rings. The molecule has 6 heteroatoms. The minimum absolute atomic E-state index is 0.0234. The predicted octanol–water partition coefficient (Wildman–Crippen LogP) is 4.97. The fraction of sp³-hybridized carbons (Fsp3) is 0.474. The Morgan fingerprint density at radius 2 is 2.08 bits per heavy atom. The molecule has 2 aromatic rings. The quantitative estimate of drug-likeness (QED) is 0.694. The zero-order valence-electron chi connectivity index (χ0n) is 14.6. The van der Waals surface area contributed by atoms with Gasteiger partial charge in [-0.15, -0.1) is 0 Å². The summed E-state index contributed by atoms with van der Waals surface area (Å²) >= 11 is 9.61. The summed E-state index contributed by atoms with van der Waals surface area (Å²) in [6.45, 7) is 6.87. The van der Waals surface area contributed by atoms with E-state index in [9.17, 15) is 4.79 Å². The molecule has 0 bridgehead atoms. The minimum atomic E-state index is 0.0234. The van der Waals surface area contributed by atoms with Crippen LogP contribution in [0.4, 0.5) is 0 Å². The van der Waals surface area contributed by atoms with E-state index in [2.05, 4.69) is 45.5 Å². The lowest BCUT2D eigenvalue weighted by atomic mass is 9.96. The molecule has 0 unspecified atom stereocenters. The molecule has 2 heterocycles. The van der Waals surface area contributed by atoms with Crippen LogP contribution in [0, 0.1) is 5.92 Å². The first-order chi connectivity index (χ1) is 12.0. The van der Waals surface area contributed by atoms with Crippen LogP contribution in [0.2, 0.25) is 5.02 Å². The van der Waals surface area contributed by atoms with Gasteiger partial charge in [0.2, 0.25) is 0 Å². The van der Waals surface area contributed by atoms with Gasteiger partial charge in [0.1, 0.15) is 5.82 Å². The van der Waals surface area contributed by atoms with Crippen molar-refractivity contribution >= 4 is 33.4 Å². The lowest BCUT2D eigenvalue weighted by Gasteiger charge is -2.32. The normalized spacial score (nSPS) is 15.8. The number of benzene rings is 1. The molecule has 0 radical (unpaired) electrons.